The van der Waals surface area contributed by atoms with Crippen molar-refractivity contribution in [3.05, 3.63) is 72.6 Å². The Bertz CT molecular complexity index is 1400. The van der Waals surface area contributed by atoms with Crippen LogP contribution < -0.4 is 10.2 Å². The Balaban J connectivity index is 1.69. The molecule has 8 nitrogen and oxygen atoms in total. The van der Waals surface area contributed by atoms with E-state index >= 15 is 0 Å². The number of hydrogen-bond acceptors (Lipinski definition) is 7. The fraction of sp³-hybridized carbons (Fsp3) is 0.174. The van der Waals surface area contributed by atoms with Gasteiger partial charge < -0.3 is 10.2 Å². The lowest BCUT2D eigenvalue weighted by molar-refractivity contribution is 0.582. The van der Waals surface area contributed by atoms with Gasteiger partial charge >= 0.3 is 0 Å². The number of fused-ring (bicyclic) bond motifs is 1. The van der Waals surface area contributed by atoms with Crippen molar-refractivity contribution in [1.82, 2.24) is 14.2 Å². The van der Waals surface area contributed by atoms with Crippen molar-refractivity contribution < 1.29 is 8.42 Å². The average molecular weight is 447 g/mol. The van der Waals surface area contributed by atoms with Crippen molar-refractivity contribution in [2.24, 2.45) is 0 Å². The quantitative estimate of drug-likeness (QED) is 0.455. The second-order valence-corrected chi connectivity index (χ2v) is 8.81. The van der Waals surface area contributed by atoms with Crippen molar-refractivity contribution in [1.29, 1.82) is 5.26 Å². The normalized spacial score (nSPS) is 11.3. The molecule has 0 saturated carbocycles. The van der Waals surface area contributed by atoms with Crippen LogP contribution in [-0.2, 0) is 10.0 Å². The van der Waals surface area contributed by atoms with Gasteiger partial charge in [-0.1, -0.05) is 12.1 Å². The monoisotopic (exact) mass is 446 g/mol. The Morgan fingerprint density at radius 2 is 1.78 bits per heavy atom. The van der Waals surface area contributed by atoms with E-state index in [1.54, 1.807) is 24.4 Å². The Kier molecular flexibility index (Phi) is 5.79. The number of nitriles is 1. The van der Waals surface area contributed by atoms with Gasteiger partial charge in [-0.15, -0.1) is 0 Å². The van der Waals surface area contributed by atoms with Gasteiger partial charge in [0.15, 0.2) is 0 Å². The van der Waals surface area contributed by atoms with Crippen LogP contribution in [0.15, 0.2) is 71.9 Å². The van der Waals surface area contributed by atoms with Crippen molar-refractivity contribution in [3.8, 4) is 6.07 Å². The third kappa shape index (κ3) is 3.88. The van der Waals surface area contributed by atoms with Gasteiger partial charge in [0.25, 0.3) is 10.0 Å². The molecule has 0 aliphatic heterocycles. The van der Waals surface area contributed by atoms with Crippen molar-refractivity contribution in [3.63, 3.8) is 0 Å². The van der Waals surface area contributed by atoms with E-state index in [1.165, 1.54) is 18.3 Å². The molecule has 2 aromatic heterocycles. The highest BCUT2D eigenvalue weighted by Gasteiger charge is 2.23. The first-order valence-corrected chi connectivity index (χ1v) is 11.6. The molecule has 0 amide bonds. The number of pyridine rings is 1. The van der Waals surface area contributed by atoms with Crippen molar-refractivity contribution >= 4 is 38.1 Å². The van der Waals surface area contributed by atoms with Crippen molar-refractivity contribution in [2.45, 2.75) is 18.7 Å². The topological polar surface area (TPSA) is 104 Å². The number of hydrogen-bond donors (Lipinski definition) is 1. The fourth-order valence-electron chi connectivity index (χ4n) is 3.53. The van der Waals surface area contributed by atoms with Crippen LogP contribution in [0.5, 0.6) is 0 Å². The largest absolute Gasteiger partial charge is 0.372 e. The number of nitrogens with one attached hydrogen (secondary N) is 1. The SMILES string of the molecule is CCN(CC)c1ccc(Nc2cc3c(cn2)cnn3S(=O)(=O)c2ccccc2C#N)cc1. The minimum atomic E-state index is -4.05. The van der Waals surface area contributed by atoms with E-state index in [1.807, 2.05) is 30.3 Å². The van der Waals surface area contributed by atoms with Gasteiger partial charge in [0.1, 0.15) is 16.8 Å². The number of anilines is 3. The zero-order valence-electron chi connectivity index (χ0n) is 17.7. The van der Waals surface area contributed by atoms with E-state index in [0.717, 1.165) is 28.6 Å². The lowest BCUT2D eigenvalue weighted by atomic mass is 10.2. The summed E-state index contributed by atoms with van der Waals surface area (Å²) in [5.74, 6) is 0.485. The highest BCUT2D eigenvalue weighted by molar-refractivity contribution is 7.90. The second kappa shape index (κ2) is 8.69. The average Bonchev–Trinajstić information content (AvgIpc) is 3.25. The number of aromatic nitrogens is 3. The molecule has 0 radical (unpaired) electrons. The zero-order valence-corrected chi connectivity index (χ0v) is 18.5. The Hall–Kier alpha value is -3.90. The summed E-state index contributed by atoms with van der Waals surface area (Å²) in [6, 6.07) is 17.6. The van der Waals surface area contributed by atoms with Gasteiger partial charge in [-0.05, 0) is 50.2 Å². The zero-order chi connectivity index (χ0) is 22.7. The summed E-state index contributed by atoms with van der Waals surface area (Å²) < 4.78 is 27.4. The van der Waals surface area contributed by atoms with E-state index in [-0.39, 0.29) is 10.5 Å². The van der Waals surface area contributed by atoms with Crippen LogP contribution in [0.1, 0.15) is 19.4 Å². The molecule has 9 heteroatoms. The van der Waals surface area contributed by atoms with Crippen LogP contribution in [0.3, 0.4) is 0 Å². The van der Waals surface area contributed by atoms with E-state index < -0.39 is 10.0 Å². The maximum absolute atomic E-state index is 13.2. The summed E-state index contributed by atoms with van der Waals surface area (Å²) in [7, 11) is -4.05. The van der Waals surface area contributed by atoms with E-state index in [0.29, 0.717) is 16.7 Å². The Morgan fingerprint density at radius 1 is 1.06 bits per heavy atom. The lowest BCUT2D eigenvalue weighted by Crippen LogP contribution is -2.21. The first kappa shape index (κ1) is 21.3. The molecule has 2 aromatic carbocycles. The summed E-state index contributed by atoms with van der Waals surface area (Å²) in [4.78, 5) is 6.53. The molecule has 4 rings (SSSR count). The molecule has 1 N–H and O–H groups in total. The molecule has 0 atom stereocenters. The van der Waals surface area contributed by atoms with Gasteiger partial charge in [-0.3, -0.25) is 0 Å². The molecule has 162 valence electrons. The summed E-state index contributed by atoms with van der Waals surface area (Å²) in [5.41, 5.74) is 2.40. The Morgan fingerprint density at radius 3 is 2.47 bits per heavy atom. The van der Waals surface area contributed by atoms with Crippen LogP contribution in [0.2, 0.25) is 0 Å². The number of rotatable bonds is 7. The predicted octanol–water partition coefficient (Wildman–Crippen LogP) is 4.13. The van der Waals surface area contributed by atoms with Crippen LogP contribution in [0.4, 0.5) is 17.2 Å². The molecule has 0 unspecified atom stereocenters. The van der Waals surface area contributed by atoms with Gasteiger partial charge in [0.05, 0.1) is 17.3 Å². The molecule has 0 fully saturated rings. The van der Waals surface area contributed by atoms with Crippen LogP contribution in [-0.4, -0.2) is 35.7 Å². The Labute approximate surface area is 186 Å². The van der Waals surface area contributed by atoms with Gasteiger partial charge in [-0.2, -0.15) is 22.9 Å². The second-order valence-electron chi connectivity index (χ2n) is 7.07. The van der Waals surface area contributed by atoms with Gasteiger partial charge in [0, 0.05) is 42.1 Å². The minimum Gasteiger partial charge on any atom is -0.372 e. The third-order valence-corrected chi connectivity index (χ3v) is 6.86. The molecule has 0 saturated heterocycles. The maximum atomic E-state index is 13.2. The highest BCUT2D eigenvalue weighted by atomic mass is 32.2. The molecular weight excluding hydrogens is 424 g/mol. The van der Waals surface area contributed by atoms with E-state index in [9.17, 15) is 13.7 Å². The van der Waals surface area contributed by atoms with E-state index in [2.05, 4.69) is 34.1 Å². The number of benzene rings is 2. The maximum Gasteiger partial charge on any atom is 0.284 e. The first-order chi connectivity index (χ1) is 15.5. The summed E-state index contributed by atoms with van der Waals surface area (Å²) in [5, 5.41) is 17.2. The van der Waals surface area contributed by atoms with Crippen LogP contribution in [0.25, 0.3) is 10.9 Å². The summed E-state index contributed by atoms with van der Waals surface area (Å²) >= 11 is 0. The summed E-state index contributed by atoms with van der Waals surface area (Å²) in [6.45, 7) is 6.08. The fourth-order valence-corrected chi connectivity index (χ4v) is 4.94. The molecule has 0 aliphatic carbocycles. The first-order valence-electron chi connectivity index (χ1n) is 10.2. The standard InChI is InChI=1S/C23H22N6O2S/c1-3-28(4-2)20-11-9-19(10-12-20)27-23-13-21-18(15-25-23)16-26-29(21)32(30,31)22-8-6-5-7-17(22)14-24/h5-13,15-16H,3-4H2,1-2H3,(H,25,27). The van der Waals surface area contributed by atoms with Crippen molar-refractivity contribution in [2.75, 3.05) is 23.3 Å². The van der Waals surface area contributed by atoms with Crippen LogP contribution >= 0.6 is 0 Å². The highest BCUT2D eigenvalue weighted by Crippen LogP contribution is 2.26. The lowest BCUT2D eigenvalue weighted by Gasteiger charge is -2.21. The molecule has 32 heavy (non-hydrogen) atoms. The molecule has 0 spiro atoms. The summed E-state index contributed by atoms with van der Waals surface area (Å²) in [6.07, 6.45) is 3.01. The predicted molar refractivity (Wildman–Crippen MR) is 125 cm³/mol. The van der Waals surface area contributed by atoms with E-state index in [4.69, 9.17) is 0 Å². The number of nitrogens with zero attached hydrogens (tertiary/aromatic N) is 5. The molecular formula is C23H22N6O2S. The van der Waals surface area contributed by atoms with Crippen LogP contribution in [0, 0.1) is 11.3 Å². The minimum absolute atomic E-state index is 0.0665. The van der Waals surface area contributed by atoms with Gasteiger partial charge in [-0.25, -0.2) is 4.98 Å². The smallest absolute Gasteiger partial charge is 0.284 e. The molecule has 0 bridgehead atoms. The molecule has 0 aliphatic rings. The molecule has 2 heterocycles. The molecule has 4 aromatic rings. The third-order valence-electron chi connectivity index (χ3n) is 5.20. The van der Waals surface area contributed by atoms with Gasteiger partial charge in [0.2, 0.25) is 0 Å².